The van der Waals surface area contributed by atoms with Crippen LogP contribution in [0.25, 0.3) is 12.2 Å². The van der Waals surface area contributed by atoms with Crippen LogP contribution in [-0.2, 0) is 16.6 Å². The Morgan fingerprint density at radius 1 is 1.30 bits per heavy atom. The van der Waals surface area contributed by atoms with Gasteiger partial charge in [-0.1, -0.05) is 12.1 Å². The van der Waals surface area contributed by atoms with E-state index >= 15 is 0 Å². The number of hydrogen-bond acceptors (Lipinski definition) is 7. The van der Waals surface area contributed by atoms with Gasteiger partial charge in [-0.3, -0.25) is 8.99 Å². The van der Waals surface area contributed by atoms with E-state index in [4.69, 9.17) is 9.47 Å². The molecule has 0 amide bonds. The fraction of sp³-hybridized carbons (Fsp3) is 0.300. The molecule has 0 N–H and O–H groups in total. The van der Waals surface area contributed by atoms with Crippen molar-refractivity contribution in [3.8, 4) is 11.6 Å². The van der Waals surface area contributed by atoms with Crippen molar-refractivity contribution in [1.29, 1.82) is 0 Å². The predicted octanol–water partition coefficient (Wildman–Crippen LogP) is 3.52. The van der Waals surface area contributed by atoms with Gasteiger partial charge in [-0.25, -0.2) is 13.4 Å². The topological polar surface area (TPSA) is 86.6 Å². The molecule has 30 heavy (non-hydrogen) atoms. The molecule has 10 heteroatoms. The van der Waals surface area contributed by atoms with E-state index in [1.807, 2.05) is 30.5 Å². The third kappa shape index (κ3) is 3.92. The van der Waals surface area contributed by atoms with E-state index in [-0.39, 0.29) is 23.9 Å². The number of aryl methyl sites for hydroxylation is 1. The summed E-state index contributed by atoms with van der Waals surface area (Å²) in [5, 5.41) is 7.03. The van der Waals surface area contributed by atoms with Crippen molar-refractivity contribution in [2.24, 2.45) is 0 Å². The Kier molecular flexibility index (Phi) is 5.78. The maximum absolute atomic E-state index is 13.5. The maximum atomic E-state index is 13.5. The highest BCUT2D eigenvalue weighted by molar-refractivity contribution is 7.93. The van der Waals surface area contributed by atoms with Crippen molar-refractivity contribution in [3.63, 3.8) is 0 Å². The lowest BCUT2D eigenvalue weighted by Gasteiger charge is -2.30. The number of rotatable bonds is 7. The summed E-state index contributed by atoms with van der Waals surface area (Å²) >= 11 is 1.53. The van der Waals surface area contributed by atoms with Gasteiger partial charge in [0, 0.05) is 24.3 Å². The van der Waals surface area contributed by atoms with Gasteiger partial charge in [-0.05, 0) is 37.6 Å². The first-order valence-electron chi connectivity index (χ1n) is 9.60. The summed E-state index contributed by atoms with van der Waals surface area (Å²) in [6, 6.07) is 5.48. The number of ether oxygens (including phenoxy) is 2. The van der Waals surface area contributed by atoms with Crippen molar-refractivity contribution in [1.82, 2.24) is 14.8 Å². The minimum atomic E-state index is -3.88. The highest BCUT2D eigenvalue weighted by Crippen LogP contribution is 2.38. The number of anilines is 1. The number of thiazole rings is 1. The molecule has 0 spiro atoms. The number of benzene rings is 1. The smallest absolute Gasteiger partial charge is 0.271 e. The largest absolute Gasteiger partial charge is 0.489 e. The second-order valence-electron chi connectivity index (χ2n) is 6.44. The number of fused-ring (bicyclic) bond motifs is 1. The van der Waals surface area contributed by atoms with Gasteiger partial charge in [0.2, 0.25) is 0 Å². The van der Waals surface area contributed by atoms with Crippen molar-refractivity contribution < 1.29 is 17.9 Å². The van der Waals surface area contributed by atoms with Crippen LogP contribution in [0.3, 0.4) is 0 Å². The van der Waals surface area contributed by atoms with Crippen LogP contribution in [-0.4, -0.2) is 42.9 Å². The number of sulfonamides is 1. The third-order valence-electron chi connectivity index (χ3n) is 4.54. The Balaban J connectivity index is 1.73. The molecule has 0 bridgehead atoms. The predicted molar refractivity (Wildman–Crippen MR) is 117 cm³/mol. The van der Waals surface area contributed by atoms with Gasteiger partial charge >= 0.3 is 0 Å². The summed E-state index contributed by atoms with van der Waals surface area (Å²) < 4.78 is 41.2. The normalized spacial score (nSPS) is 14.0. The molecule has 1 aliphatic rings. The average Bonchev–Trinajstić information content (AvgIpc) is 3.42. The number of hydrogen-bond donors (Lipinski definition) is 0. The summed E-state index contributed by atoms with van der Waals surface area (Å²) in [4.78, 5) is 4.29. The average molecular weight is 447 g/mol. The molecule has 0 saturated heterocycles. The van der Waals surface area contributed by atoms with Gasteiger partial charge in [0.15, 0.2) is 4.90 Å². The van der Waals surface area contributed by atoms with E-state index in [1.54, 1.807) is 29.9 Å². The monoisotopic (exact) mass is 446 g/mol. The molecule has 0 fully saturated rings. The standard InChI is InChI=1S/C20H22N4O4S2/c1-3-23-14-18(20(22-23)27-4-2)30(25,26)24-10-11-28-17-7-5-15(13-16(17)24)6-8-19-21-9-12-29-19/h5-9,12-14H,3-4,10-11H2,1-2H3/b8-6+. The van der Waals surface area contributed by atoms with Crippen LogP contribution >= 0.6 is 11.3 Å². The molecule has 2 aromatic heterocycles. The molecule has 3 aromatic rings. The molecular formula is C20H22N4O4S2. The lowest BCUT2D eigenvalue weighted by molar-refractivity contribution is 0.311. The fourth-order valence-electron chi connectivity index (χ4n) is 3.13. The van der Waals surface area contributed by atoms with Crippen LogP contribution in [0, 0.1) is 0 Å². The fourth-order valence-corrected chi connectivity index (χ4v) is 5.19. The lowest BCUT2D eigenvalue weighted by Crippen LogP contribution is -2.38. The first-order chi connectivity index (χ1) is 14.5. The van der Waals surface area contributed by atoms with Crippen molar-refractivity contribution >= 4 is 39.2 Å². The molecule has 3 heterocycles. The highest BCUT2D eigenvalue weighted by atomic mass is 32.2. The SMILES string of the molecule is CCOc1nn(CC)cc1S(=O)(=O)N1CCOc2ccc(/C=C/c3nccs3)cc21. The van der Waals surface area contributed by atoms with Crippen molar-refractivity contribution in [2.75, 3.05) is 24.1 Å². The number of aromatic nitrogens is 3. The summed E-state index contributed by atoms with van der Waals surface area (Å²) in [5.74, 6) is 0.643. The van der Waals surface area contributed by atoms with E-state index in [2.05, 4.69) is 10.1 Å². The van der Waals surface area contributed by atoms with Gasteiger partial charge in [0.05, 0.1) is 18.8 Å². The molecule has 1 aliphatic heterocycles. The molecule has 0 saturated carbocycles. The molecule has 1 aromatic carbocycles. The van der Waals surface area contributed by atoms with E-state index in [0.29, 0.717) is 24.6 Å². The van der Waals surface area contributed by atoms with Gasteiger partial charge in [-0.2, -0.15) is 0 Å². The second-order valence-corrected chi connectivity index (χ2v) is 9.20. The van der Waals surface area contributed by atoms with Crippen LogP contribution in [0.4, 0.5) is 5.69 Å². The summed E-state index contributed by atoms with van der Waals surface area (Å²) in [5.41, 5.74) is 1.35. The highest BCUT2D eigenvalue weighted by Gasteiger charge is 2.34. The Morgan fingerprint density at radius 2 is 2.17 bits per heavy atom. The van der Waals surface area contributed by atoms with Gasteiger partial charge < -0.3 is 9.47 Å². The molecule has 158 valence electrons. The summed E-state index contributed by atoms with van der Waals surface area (Å²) in [6.45, 7) is 5.04. The first-order valence-corrected chi connectivity index (χ1v) is 11.9. The molecule has 0 atom stereocenters. The van der Waals surface area contributed by atoms with Gasteiger partial charge in [0.25, 0.3) is 15.9 Å². The third-order valence-corrected chi connectivity index (χ3v) is 7.08. The molecule has 8 nitrogen and oxygen atoms in total. The Bertz CT molecular complexity index is 1150. The van der Waals surface area contributed by atoms with Crippen molar-refractivity contribution in [2.45, 2.75) is 25.3 Å². The van der Waals surface area contributed by atoms with E-state index in [0.717, 1.165) is 10.6 Å². The van der Waals surface area contributed by atoms with Crippen LogP contribution in [0.5, 0.6) is 11.6 Å². The zero-order chi connectivity index (χ0) is 21.1. The molecule has 0 aliphatic carbocycles. The van der Waals surface area contributed by atoms with Crippen LogP contribution in [0.1, 0.15) is 24.4 Å². The van der Waals surface area contributed by atoms with Gasteiger partial charge in [-0.15, -0.1) is 16.4 Å². The molecule has 0 unspecified atom stereocenters. The van der Waals surface area contributed by atoms with Crippen molar-refractivity contribution in [3.05, 3.63) is 46.5 Å². The zero-order valence-electron chi connectivity index (χ0n) is 16.7. The Hall–Kier alpha value is -2.85. The second kappa shape index (κ2) is 8.49. The Morgan fingerprint density at radius 3 is 2.90 bits per heavy atom. The van der Waals surface area contributed by atoms with E-state index < -0.39 is 10.0 Å². The lowest BCUT2D eigenvalue weighted by atomic mass is 10.1. The quantitative estimate of drug-likeness (QED) is 0.552. The summed E-state index contributed by atoms with van der Waals surface area (Å²) in [6.07, 6.45) is 7.06. The zero-order valence-corrected chi connectivity index (χ0v) is 18.3. The molecule has 0 radical (unpaired) electrons. The maximum Gasteiger partial charge on any atom is 0.271 e. The Labute approximate surface area is 179 Å². The first kappa shape index (κ1) is 20.4. The number of nitrogens with zero attached hydrogens (tertiary/aromatic N) is 4. The molecular weight excluding hydrogens is 424 g/mol. The van der Waals surface area contributed by atoms with Crippen LogP contribution < -0.4 is 13.8 Å². The minimum Gasteiger partial charge on any atom is -0.489 e. The van der Waals surface area contributed by atoms with E-state index in [1.165, 1.54) is 21.8 Å². The minimum absolute atomic E-state index is 0.0581. The summed E-state index contributed by atoms with van der Waals surface area (Å²) in [7, 11) is -3.88. The van der Waals surface area contributed by atoms with Crippen LogP contribution in [0.2, 0.25) is 0 Å². The molecule has 4 rings (SSSR count). The van der Waals surface area contributed by atoms with E-state index in [9.17, 15) is 8.42 Å². The van der Waals surface area contributed by atoms with Crippen LogP contribution in [0.15, 0.2) is 40.9 Å². The van der Waals surface area contributed by atoms with Gasteiger partial charge in [0.1, 0.15) is 17.4 Å².